The van der Waals surface area contributed by atoms with Crippen molar-refractivity contribution in [1.29, 1.82) is 0 Å². The third-order valence-electron chi connectivity index (χ3n) is 7.29. The van der Waals surface area contributed by atoms with Gasteiger partial charge in [-0.1, -0.05) is 24.6 Å². The summed E-state index contributed by atoms with van der Waals surface area (Å²) < 4.78 is 28.9. The molecule has 0 aromatic carbocycles. The van der Waals surface area contributed by atoms with Crippen molar-refractivity contribution in [1.82, 2.24) is 25.1 Å². The van der Waals surface area contributed by atoms with Crippen molar-refractivity contribution in [2.24, 2.45) is 5.41 Å². The van der Waals surface area contributed by atoms with Crippen LogP contribution < -0.4 is 5.32 Å². The number of aromatic nitrogens is 4. The fraction of sp³-hybridized carbons (Fsp3) is 0.565. The van der Waals surface area contributed by atoms with Gasteiger partial charge in [0.25, 0.3) is 5.91 Å². The summed E-state index contributed by atoms with van der Waals surface area (Å²) in [7, 11) is 0. The van der Waals surface area contributed by atoms with E-state index in [1.54, 1.807) is 13.0 Å². The fourth-order valence-electron chi connectivity index (χ4n) is 5.57. The molecule has 5 rings (SSSR count). The number of hydrogen-bond donors (Lipinski definition) is 4. The fourth-order valence-corrected chi connectivity index (χ4v) is 5.94. The van der Waals surface area contributed by atoms with Gasteiger partial charge in [-0.2, -0.15) is 5.10 Å². The number of carbonyl (C=O) groups is 1. The molecule has 1 aliphatic heterocycles. The number of allylic oxidation sites excluding steroid dienone is 3. The molecule has 9 nitrogen and oxygen atoms in total. The van der Waals surface area contributed by atoms with Gasteiger partial charge in [0.1, 0.15) is 29.8 Å². The maximum Gasteiger partial charge on any atom is 0.273 e. The van der Waals surface area contributed by atoms with Crippen molar-refractivity contribution in [2.75, 3.05) is 11.9 Å². The Kier molecular flexibility index (Phi) is 6.27. The van der Waals surface area contributed by atoms with Crippen LogP contribution >= 0.6 is 11.6 Å². The summed E-state index contributed by atoms with van der Waals surface area (Å²) in [5.74, 6) is -0.658. The topological polar surface area (TPSA) is 127 Å². The van der Waals surface area contributed by atoms with Gasteiger partial charge in [-0.05, 0) is 25.3 Å². The third-order valence-corrected chi connectivity index (χ3v) is 7.51. The number of carbonyl (C=O) groups excluding carboxylic acids is 1. The number of fused-ring (bicyclic) bond motifs is 1. The zero-order valence-corrected chi connectivity index (χ0v) is 19.8. The standard InChI is InChI=1S/C23H27ClF2N6O3/c1-23(7-11(24)5-12(25)8-23)16-6-13(26)9-32(16)22(35)18-17-20(27-10-28-21(17)31-30-18)29-14-3-2-4-15(33)19(14)34/h5,7,10,13-16,19,33-34H,2-4,6,8-9H2,1H3,(H2,27,28,29,30,31)/t13-,14+,15+,16+,19-,23?/m0/s1. The van der Waals surface area contributed by atoms with E-state index < -0.39 is 47.6 Å². The van der Waals surface area contributed by atoms with E-state index in [0.29, 0.717) is 24.6 Å². The van der Waals surface area contributed by atoms with Crippen molar-refractivity contribution in [3.05, 3.63) is 35.0 Å². The Labute approximate surface area is 205 Å². The van der Waals surface area contributed by atoms with Gasteiger partial charge in [-0.15, -0.1) is 0 Å². The number of likely N-dealkylation sites (tertiary alicyclic amines) is 1. The number of H-pyrrole nitrogens is 1. The van der Waals surface area contributed by atoms with Crippen LogP contribution in [0.3, 0.4) is 0 Å². The van der Waals surface area contributed by atoms with E-state index in [1.165, 1.54) is 17.3 Å². The van der Waals surface area contributed by atoms with Crippen LogP contribution in [0.15, 0.2) is 29.3 Å². The summed E-state index contributed by atoms with van der Waals surface area (Å²) in [4.78, 5) is 23.5. The lowest BCUT2D eigenvalue weighted by atomic mass is 9.75. The van der Waals surface area contributed by atoms with Crippen LogP contribution in [0, 0.1) is 5.41 Å². The molecule has 4 N–H and O–H groups in total. The van der Waals surface area contributed by atoms with Gasteiger partial charge in [-0.3, -0.25) is 9.89 Å². The van der Waals surface area contributed by atoms with Crippen molar-refractivity contribution >= 4 is 34.4 Å². The van der Waals surface area contributed by atoms with E-state index in [0.717, 1.165) is 0 Å². The molecule has 3 aliphatic rings. The molecule has 0 spiro atoms. The summed E-state index contributed by atoms with van der Waals surface area (Å²) >= 11 is 6.12. The molecule has 2 aromatic heterocycles. The number of aliphatic hydroxyl groups is 2. The molecule has 1 amide bonds. The van der Waals surface area contributed by atoms with Gasteiger partial charge in [0.05, 0.1) is 30.2 Å². The van der Waals surface area contributed by atoms with Crippen molar-refractivity contribution in [2.45, 2.75) is 69.5 Å². The number of hydrogen-bond acceptors (Lipinski definition) is 7. The Balaban J connectivity index is 1.48. The number of amides is 1. The molecular weight excluding hydrogens is 482 g/mol. The highest BCUT2D eigenvalue weighted by Gasteiger charge is 2.47. The Bertz CT molecular complexity index is 1210. The van der Waals surface area contributed by atoms with E-state index in [4.69, 9.17) is 11.6 Å². The minimum Gasteiger partial charge on any atom is -0.390 e. The molecule has 0 radical (unpaired) electrons. The van der Waals surface area contributed by atoms with E-state index in [9.17, 15) is 23.8 Å². The first-order valence-electron chi connectivity index (χ1n) is 11.7. The molecule has 2 aromatic rings. The van der Waals surface area contributed by atoms with Crippen molar-refractivity contribution in [3.8, 4) is 0 Å². The molecule has 1 saturated heterocycles. The van der Waals surface area contributed by atoms with Crippen LogP contribution in [-0.4, -0.2) is 78.2 Å². The highest BCUT2D eigenvalue weighted by atomic mass is 35.5. The first kappa shape index (κ1) is 24.1. The summed E-state index contributed by atoms with van der Waals surface area (Å²) in [6, 6.07) is -1.11. The number of anilines is 1. The van der Waals surface area contributed by atoms with Crippen LogP contribution in [-0.2, 0) is 0 Å². The third kappa shape index (κ3) is 4.41. The van der Waals surface area contributed by atoms with Crippen LogP contribution in [0.4, 0.5) is 14.6 Å². The van der Waals surface area contributed by atoms with Gasteiger partial charge in [0, 0.05) is 29.3 Å². The summed E-state index contributed by atoms with van der Waals surface area (Å²) in [5.41, 5.74) is -0.592. The molecule has 2 aliphatic carbocycles. The predicted octanol–water partition coefficient (Wildman–Crippen LogP) is 2.98. The van der Waals surface area contributed by atoms with Crippen molar-refractivity contribution < 1.29 is 23.8 Å². The number of alkyl halides is 1. The van der Waals surface area contributed by atoms with Gasteiger partial charge in [-0.25, -0.2) is 18.7 Å². The zero-order chi connectivity index (χ0) is 24.9. The maximum atomic E-state index is 14.7. The Morgan fingerprint density at radius 2 is 2.14 bits per heavy atom. The largest absolute Gasteiger partial charge is 0.390 e. The van der Waals surface area contributed by atoms with Gasteiger partial charge < -0.3 is 20.4 Å². The monoisotopic (exact) mass is 508 g/mol. The Morgan fingerprint density at radius 3 is 2.91 bits per heavy atom. The molecule has 0 bridgehead atoms. The van der Waals surface area contributed by atoms with Crippen LogP contribution in [0.1, 0.15) is 49.5 Å². The molecule has 1 unspecified atom stereocenters. The molecule has 2 fully saturated rings. The summed E-state index contributed by atoms with van der Waals surface area (Å²) in [5, 5.41) is 30.9. The molecule has 35 heavy (non-hydrogen) atoms. The lowest BCUT2D eigenvalue weighted by molar-refractivity contribution is -0.0161. The Morgan fingerprint density at radius 1 is 1.34 bits per heavy atom. The van der Waals surface area contributed by atoms with Crippen LogP contribution in [0.25, 0.3) is 11.0 Å². The number of halogens is 3. The lowest BCUT2D eigenvalue weighted by Crippen LogP contribution is -2.46. The lowest BCUT2D eigenvalue weighted by Gasteiger charge is -2.39. The van der Waals surface area contributed by atoms with Gasteiger partial charge in [0.15, 0.2) is 5.65 Å². The highest BCUT2D eigenvalue weighted by molar-refractivity contribution is 6.31. The molecule has 3 heterocycles. The number of aliphatic hydroxyl groups excluding tert-OH is 2. The van der Waals surface area contributed by atoms with E-state index >= 15 is 0 Å². The molecule has 12 heteroatoms. The molecule has 188 valence electrons. The predicted molar refractivity (Wildman–Crippen MR) is 125 cm³/mol. The van der Waals surface area contributed by atoms with E-state index in [1.807, 2.05) is 0 Å². The summed E-state index contributed by atoms with van der Waals surface area (Å²) in [6.45, 7) is 1.61. The second kappa shape index (κ2) is 9.11. The minimum absolute atomic E-state index is 0.00588. The zero-order valence-electron chi connectivity index (χ0n) is 19.1. The van der Waals surface area contributed by atoms with Gasteiger partial charge in [0.2, 0.25) is 0 Å². The molecular formula is C23H27ClF2N6O3. The second-order valence-corrected chi connectivity index (χ2v) is 10.3. The molecule has 6 atom stereocenters. The van der Waals surface area contributed by atoms with Gasteiger partial charge >= 0.3 is 0 Å². The summed E-state index contributed by atoms with van der Waals surface area (Å²) in [6.07, 6.45) is 2.94. The average Bonchev–Trinajstić information content (AvgIpc) is 3.40. The number of aromatic amines is 1. The van der Waals surface area contributed by atoms with E-state index in [-0.39, 0.29) is 41.6 Å². The number of nitrogens with one attached hydrogen (secondary N) is 2. The van der Waals surface area contributed by atoms with Crippen LogP contribution in [0.5, 0.6) is 0 Å². The normalized spacial score (nSPS) is 33.5. The quantitative estimate of drug-likeness (QED) is 0.500. The second-order valence-electron chi connectivity index (χ2n) is 9.87. The molecule has 1 saturated carbocycles. The maximum absolute atomic E-state index is 14.7. The smallest absolute Gasteiger partial charge is 0.273 e. The number of rotatable bonds is 4. The average molecular weight is 509 g/mol. The first-order chi connectivity index (χ1) is 16.7. The number of nitrogens with zero attached hydrogens (tertiary/aromatic N) is 4. The SMILES string of the molecule is CC1([C@H]2C[C@H](F)CN2C(=O)c2[nH]nc3ncnc(N[C@@H]4CCC[C@@H](O)[C@H]4O)c23)C=C(Cl)C=C(F)C1. The Hall–Kier alpha value is -2.63. The highest BCUT2D eigenvalue weighted by Crippen LogP contribution is 2.45. The van der Waals surface area contributed by atoms with Crippen molar-refractivity contribution in [3.63, 3.8) is 0 Å². The van der Waals surface area contributed by atoms with E-state index in [2.05, 4.69) is 25.5 Å². The van der Waals surface area contributed by atoms with Crippen LogP contribution in [0.2, 0.25) is 0 Å². The minimum atomic E-state index is -1.27. The first-order valence-corrected chi connectivity index (χ1v) is 12.1.